The van der Waals surface area contributed by atoms with Crippen molar-refractivity contribution in [3.63, 3.8) is 0 Å². The molecule has 3 heteroatoms. The van der Waals surface area contributed by atoms with Crippen LogP contribution in [0.25, 0.3) is 0 Å². The summed E-state index contributed by atoms with van der Waals surface area (Å²) in [7, 11) is 1.71. The Morgan fingerprint density at radius 1 is 1.31 bits per heavy atom. The van der Waals surface area contributed by atoms with Crippen molar-refractivity contribution in [2.45, 2.75) is 51.6 Å². The van der Waals surface area contributed by atoms with Crippen molar-refractivity contribution < 1.29 is 14.6 Å². The van der Waals surface area contributed by atoms with Crippen LogP contribution in [0.3, 0.4) is 0 Å². The van der Waals surface area contributed by atoms with Crippen molar-refractivity contribution in [3.8, 4) is 0 Å². The van der Waals surface area contributed by atoms with Crippen molar-refractivity contribution in [3.05, 3.63) is 0 Å². The zero-order chi connectivity index (χ0) is 10.3. The number of rotatable bonds is 7. The van der Waals surface area contributed by atoms with Gasteiger partial charge in [0, 0.05) is 13.5 Å². The molecule has 0 aliphatic heterocycles. The van der Waals surface area contributed by atoms with Crippen LogP contribution in [0.1, 0.15) is 46.0 Å². The zero-order valence-electron chi connectivity index (χ0n) is 8.80. The fourth-order valence-corrected chi connectivity index (χ4v) is 1.11. The average Bonchev–Trinajstić information content (AvgIpc) is 2.03. The maximum atomic E-state index is 10.2. The lowest BCUT2D eigenvalue weighted by molar-refractivity contribution is -0.137. The molecule has 0 saturated heterocycles. The molecule has 0 spiro atoms. The van der Waals surface area contributed by atoms with Gasteiger partial charge in [-0.05, 0) is 26.7 Å². The predicted molar refractivity (Wildman–Crippen MR) is 51.8 cm³/mol. The van der Waals surface area contributed by atoms with Gasteiger partial charge < -0.3 is 9.84 Å². The molecular weight excluding hydrogens is 168 g/mol. The van der Waals surface area contributed by atoms with Gasteiger partial charge in [-0.2, -0.15) is 0 Å². The van der Waals surface area contributed by atoms with E-state index in [1.165, 1.54) is 0 Å². The monoisotopic (exact) mass is 188 g/mol. The van der Waals surface area contributed by atoms with E-state index < -0.39 is 5.97 Å². The molecule has 3 nitrogen and oxygen atoms in total. The Hall–Kier alpha value is -0.570. The summed E-state index contributed by atoms with van der Waals surface area (Å²) in [6.45, 7) is 4.09. The lowest BCUT2D eigenvalue weighted by atomic mass is 10.00. The van der Waals surface area contributed by atoms with E-state index in [9.17, 15) is 4.79 Å². The Morgan fingerprint density at radius 2 is 1.92 bits per heavy atom. The first-order chi connectivity index (χ1) is 5.98. The first-order valence-electron chi connectivity index (χ1n) is 4.75. The number of carbonyl (C=O) groups is 1. The van der Waals surface area contributed by atoms with E-state index in [4.69, 9.17) is 9.84 Å². The van der Waals surface area contributed by atoms with E-state index in [1.807, 2.05) is 13.8 Å². The number of carboxylic acids is 1. The lowest BCUT2D eigenvalue weighted by Crippen LogP contribution is -2.21. The van der Waals surface area contributed by atoms with Gasteiger partial charge in [0.1, 0.15) is 0 Å². The van der Waals surface area contributed by atoms with Gasteiger partial charge in [-0.15, -0.1) is 0 Å². The summed E-state index contributed by atoms with van der Waals surface area (Å²) < 4.78 is 5.25. The standard InChI is InChI=1S/C10H20O3/c1-10(2,13-3)8-6-4-5-7-9(11)12/h4-8H2,1-3H3,(H,11,12). The predicted octanol–water partition coefficient (Wildman–Crippen LogP) is 2.45. The Kier molecular flexibility index (Phi) is 5.71. The van der Waals surface area contributed by atoms with E-state index in [0.29, 0.717) is 0 Å². The highest BCUT2D eigenvalue weighted by molar-refractivity contribution is 5.66. The summed E-state index contributed by atoms with van der Waals surface area (Å²) in [5.74, 6) is -0.703. The molecule has 0 unspecified atom stereocenters. The molecule has 0 heterocycles. The van der Waals surface area contributed by atoms with Gasteiger partial charge in [0.15, 0.2) is 0 Å². The van der Waals surface area contributed by atoms with Gasteiger partial charge in [0.2, 0.25) is 0 Å². The normalized spacial score (nSPS) is 11.6. The van der Waals surface area contributed by atoms with Crippen LogP contribution in [0.5, 0.6) is 0 Å². The molecule has 0 aromatic carbocycles. The van der Waals surface area contributed by atoms with Gasteiger partial charge in [0.25, 0.3) is 0 Å². The smallest absolute Gasteiger partial charge is 0.303 e. The molecule has 78 valence electrons. The highest BCUT2D eigenvalue weighted by Crippen LogP contribution is 2.17. The van der Waals surface area contributed by atoms with Crippen LogP contribution in [0.15, 0.2) is 0 Å². The van der Waals surface area contributed by atoms with Crippen LogP contribution >= 0.6 is 0 Å². The number of hydrogen-bond acceptors (Lipinski definition) is 2. The largest absolute Gasteiger partial charge is 0.481 e. The Labute approximate surface area is 80.1 Å². The topological polar surface area (TPSA) is 46.5 Å². The minimum atomic E-state index is -0.703. The molecule has 0 amide bonds. The van der Waals surface area contributed by atoms with E-state index in [2.05, 4.69) is 0 Å². The molecule has 0 fully saturated rings. The van der Waals surface area contributed by atoms with Crippen molar-refractivity contribution in [1.82, 2.24) is 0 Å². The highest BCUT2D eigenvalue weighted by Gasteiger charge is 2.14. The number of ether oxygens (including phenoxy) is 1. The zero-order valence-corrected chi connectivity index (χ0v) is 8.80. The fourth-order valence-electron chi connectivity index (χ4n) is 1.11. The Balaban J connectivity index is 3.30. The van der Waals surface area contributed by atoms with Gasteiger partial charge in [-0.1, -0.05) is 12.8 Å². The first-order valence-corrected chi connectivity index (χ1v) is 4.75. The molecule has 0 aliphatic carbocycles. The first kappa shape index (κ1) is 12.4. The maximum absolute atomic E-state index is 10.2. The highest BCUT2D eigenvalue weighted by atomic mass is 16.5. The Morgan fingerprint density at radius 3 is 2.38 bits per heavy atom. The Bertz CT molecular complexity index is 152. The second kappa shape index (κ2) is 5.97. The van der Waals surface area contributed by atoms with Crippen LogP contribution in [0, 0.1) is 0 Å². The number of unbranched alkanes of at least 4 members (excludes halogenated alkanes) is 2. The van der Waals surface area contributed by atoms with Crippen LogP contribution in [0.4, 0.5) is 0 Å². The number of aliphatic carboxylic acids is 1. The third-order valence-corrected chi connectivity index (χ3v) is 2.22. The van der Waals surface area contributed by atoms with E-state index in [1.54, 1.807) is 7.11 Å². The third kappa shape index (κ3) is 7.78. The number of carboxylic acid groups (broad SMARTS) is 1. The van der Waals surface area contributed by atoms with Crippen molar-refractivity contribution >= 4 is 5.97 Å². The molecule has 0 radical (unpaired) electrons. The molecule has 0 aromatic rings. The molecular formula is C10H20O3. The lowest BCUT2D eigenvalue weighted by Gasteiger charge is -2.22. The minimum Gasteiger partial charge on any atom is -0.481 e. The second-order valence-corrected chi connectivity index (χ2v) is 3.92. The van der Waals surface area contributed by atoms with Crippen LogP contribution in [-0.2, 0) is 9.53 Å². The van der Waals surface area contributed by atoms with E-state index >= 15 is 0 Å². The summed E-state index contributed by atoms with van der Waals surface area (Å²) in [4.78, 5) is 10.2. The molecule has 1 N–H and O–H groups in total. The minimum absolute atomic E-state index is 0.0662. The summed E-state index contributed by atoms with van der Waals surface area (Å²) in [6, 6.07) is 0. The molecule has 0 rings (SSSR count). The molecule has 13 heavy (non-hydrogen) atoms. The molecule has 0 atom stereocenters. The fraction of sp³-hybridized carbons (Fsp3) is 0.900. The molecule has 0 aromatic heterocycles. The summed E-state index contributed by atoms with van der Waals surface area (Å²) in [5.41, 5.74) is -0.0662. The number of methoxy groups -OCH3 is 1. The van der Waals surface area contributed by atoms with Gasteiger partial charge >= 0.3 is 5.97 Å². The quantitative estimate of drug-likeness (QED) is 0.624. The van der Waals surface area contributed by atoms with Crippen LogP contribution in [-0.4, -0.2) is 23.8 Å². The number of hydrogen-bond donors (Lipinski definition) is 1. The summed E-state index contributed by atoms with van der Waals surface area (Å²) in [5, 5.41) is 8.39. The van der Waals surface area contributed by atoms with E-state index in [0.717, 1.165) is 25.7 Å². The molecule has 0 aliphatic rings. The van der Waals surface area contributed by atoms with Crippen LogP contribution < -0.4 is 0 Å². The van der Waals surface area contributed by atoms with Crippen molar-refractivity contribution in [2.24, 2.45) is 0 Å². The summed E-state index contributed by atoms with van der Waals surface area (Å²) in [6.07, 6.45) is 4.05. The second-order valence-electron chi connectivity index (χ2n) is 3.92. The van der Waals surface area contributed by atoms with Gasteiger partial charge in [-0.25, -0.2) is 0 Å². The van der Waals surface area contributed by atoms with Gasteiger partial charge in [-0.3, -0.25) is 4.79 Å². The van der Waals surface area contributed by atoms with Gasteiger partial charge in [0.05, 0.1) is 5.60 Å². The molecule has 0 bridgehead atoms. The van der Waals surface area contributed by atoms with Crippen molar-refractivity contribution in [1.29, 1.82) is 0 Å². The maximum Gasteiger partial charge on any atom is 0.303 e. The van der Waals surface area contributed by atoms with Crippen LogP contribution in [0.2, 0.25) is 0 Å². The van der Waals surface area contributed by atoms with Crippen molar-refractivity contribution in [2.75, 3.05) is 7.11 Å². The summed E-state index contributed by atoms with van der Waals surface area (Å²) >= 11 is 0. The SMILES string of the molecule is COC(C)(C)CCCCCC(=O)O. The third-order valence-electron chi connectivity index (χ3n) is 2.22. The molecule has 0 saturated carbocycles. The van der Waals surface area contributed by atoms with E-state index in [-0.39, 0.29) is 12.0 Å². The average molecular weight is 188 g/mol.